The lowest BCUT2D eigenvalue weighted by molar-refractivity contribution is 0.749. The second kappa shape index (κ2) is 6.02. The number of rotatable bonds is 5. The maximum absolute atomic E-state index is 5.66. The average Bonchev–Trinajstić information content (AvgIpc) is 2.16. The molecule has 1 rings (SSSR count). The minimum Gasteiger partial charge on any atom is -0.338 e. The van der Waals surface area contributed by atoms with Crippen LogP contribution in [0, 0.1) is 0 Å². The van der Waals surface area contributed by atoms with Gasteiger partial charge >= 0.3 is 0 Å². The van der Waals surface area contributed by atoms with Crippen LogP contribution in [0.1, 0.15) is 0 Å². The highest BCUT2D eigenvalue weighted by molar-refractivity contribution is 6.31. The van der Waals surface area contributed by atoms with E-state index < -0.39 is 0 Å². The number of aromatic nitrogens is 3. The van der Waals surface area contributed by atoms with E-state index in [4.69, 9.17) is 34.7 Å². The van der Waals surface area contributed by atoms with E-state index in [0.717, 1.165) is 0 Å². The molecular formula is C7H12Cl2N6. The third kappa shape index (κ3) is 3.75. The smallest absolute Gasteiger partial charge is 0.231 e. The van der Waals surface area contributed by atoms with Crippen molar-refractivity contribution in [3.8, 4) is 0 Å². The largest absolute Gasteiger partial charge is 0.338 e. The van der Waals surface area contributed by atoms with Crippen molar-refractivity contribution in [2.75, 3.05) is 31.1 Å². The average molecular weight is 251 g/mol. The second-order valence-electron chi connectivity index (χ2n) is 2.74. The summed E-state index contributed by atoms with van der Waals surface area (Å²) in [6.07, 6.45) is 0. The van der Waals surface area contributed by atoms with Gasteiger partial charge in [0.05, 0.1) is 0 Å². The van der Waals surface area contributed by atoms with Gasteiger partial charge in [-0.1, -0.05) is 0 Å². The van der Waals surface area contributed by atoms with Crippen LogP contribution in [0.25, 0.3) is 0 Å². The van der Waals surface area contributed by atoms with Gasteiger partial charge in [0.15, 0.2) is 0 Å². The van der Waals surface area contributed by atoms with Gasteiger partial charge in [0.1, 0.15) is 0 Å². The molecule has 0 saturated carbocycles. The summed E-state index contributed by atoms with van der Waals surface area (Å²) in [6.45, 7) is 2.13. The van der Waals surface area contributed by atoms with Gasteiger partial charge in [0.2, 0.25) is 16.5 Å². The summed E-state index contributed by atoms with van der Waals surface area (Å²) < 4.78 is 0. The summed E-state index contributed by atoms with van der Waals surface area (Å²) in [5, 5.41) is 0.119. The Morgan fingerprint density at radius 1 is 0.933 bits per heavy atom. The van der Waals surface area contributed by atoms with Gasteiger partial charge < -0.3 is 16.4 Å². The Labute approximate surface area is 97.6 Å². The maximum Gasteiger partial charge on any atom is 0.231 e. The van der Waals surface area contributed by atoms with E-state index in [1.165, 1.54) is 0 Å². The highest BCUT2D eigenvalue weighted by atomic mass is 35.5. The molecule has 0 aliphatic rings. The lowest BCUT2D eigenvalue weighted by Crippen LogP contribution is -2.35. The highest BCUT2D eigenvalue weighted by Gasteiger charge is 2.10. The van der Waals surface area contributed by atoms with Gasteiger partial charge in [0, 0.05) is 26.2 Å². The molecule has 0 atom stereocenters. The topological polar surface area (TPSA) is 94.0 Å². The number of anilines is 1. The quantitative estimate of drug-likeness (QED) is 0.759. The monoisotopic (exact) mass is 250 g/mol. The molecule has 0 aromatic carbocycles. The third-order valence-corrected chi connectivity index (χ3v) is 1.99. The first-order valence-electron chi connectivity index (χ1n) is 4.39. The number of halogens is 2. The first kappa shape index (κ1) is 12.4. The molecule has 4 N–H and O–H groups in total. The van der Waals surface area contributed by atoms with Crippen molar-refractivity contribution in [1.82, 2.24) is 15.0 Å². The molecule has 15 heavy (non-hydrogen) atoms. The van der Waals surface area contributed by atoms with E-state index in [1.54, 1.807) is 4.90 Å². The summed E-state index contributed by atoms with van der Waals surface area (Å²) in [5.41, 5.74) is 10.9. The molecule has 1 aromatic heterocycles. The third-order valence-electron chi connectivity index (χ3n) is 1.65. The predicted molar refractivity (Wildman–Crippen MR) is 60.2 cm³/mol. The predicted octanol–water partition coefficient (Wildman–Crippen LogP) is -0.0978. The van der Waals surface area contributed by atoms with Crippen LogP contribution in [0.2, 0.25) is 10.6 Å². The van der Waals surface area contributed by atoms with Gasteiger partial charge in [-0.3, -0.25) is 0 Å². The van der Waals surface area contributed by atoms with Crippen molar-refractivity contribution < 1.29 is 0 Å². The molecule has 0 unspecified atom stereocenters. The Hall–Kier alpha value is -0.690. The Balaban J connectivity index is 2.88. The summed E-state index contributed by atoms with van der Waals surface area (Å²) >= 11 is 11.3. The van der Waals surface area contributed by atoms with Gasteiger partial charge in [0.25, 0.3) is 0 Å². The lowest BCUT2D eigenvalue weighted by atomic mass is 10.5. The van der Waals surface area contributed by atoms with Crippen molar-refractivity contribution in [3.05, 3.63) is 10.6 Å². The molecule has 0 amide bonds. The van der Waals surface area contributed by atoms with Gasteiger partial charge in [-0.05, 0) is 23.2 Å². The number of hydrogen-bond acceptors (Lipinski definition) is 6. The van der Waals surface area contributed by atoms with Crippen molar-refractivity contribution in [1.29, 1.82) is 0 Å². The highest BCUT2D eigenvalue weighted by Crippen LogP contribution is 2.12. The molecule has 0 spiro atoms. The number of hydrogen-bond donors (Lipinski definition) is 2. The van der Waals surface area contributed by atoms with Crippen LogP contribution in [-0.2, 0) is 0 Å². The second-order valence-corrected chi connectivity index (χ2v) is 3.41. The molecule has 0 fully saturated rings. The number of nitrogens with two attached hydrogens (primary N) is 2. The Morgan fingerprint density at radius 3 is 1.80 bits per heavy atom. The fourth-order valence-corrected chi connectivity index (χ4v) is 1.44. The summed E-state index contributed by atoms with van der Waals surface area (Å²) in [5.74, 6) is 0.399. The fourth-order valence-electron chi connectivity index (χ4n) is 1.08. The van der Waals surface area contributed by atoms with E-state index in [0.29, 0.717) is 32.1 Å². The molecule has 0 aliphatic heterocycles. The molecule has 8 heteroatoms. The minimum atomic E-state index is 0.0593. The van der Waals surface area contributed by atoms with E-state index >= 15 is 0 Å². The summed E-state index contributed by atoms with van der Waals surface area (Å²) in [7, 11) is 0. The van der Waals surface area contributed by atoms with Crippen LogP contribution < -0.4 is 16.4 Å². The Kier molecular flexibility index (Phi) is 4.97. The first-order chi connectivity index (χ1) is 7.17. The Bertz CT molecular complexity index is 294. The first-order valence-corrected chi connectivity index (χ1v) is 5.15. The van der Waals surface area contributed by atoms with Crippen LogP contribution in [0.4, 0.5) is 5.95 Å². The standard InChI is InChI=1S/C7H12Cl2N6/c8-5-12-6(9)14-7(13-5)15(3-1-10)4-2-11/h1-4,10-11H2. The van der Waals surface area contributed by atoms with Gasteiger partial charge in [-0.15, -0.1) is 0 Å². The van der Waals surface area contributed by atoms with Crippen LogP contribution >= 0.6 is 23.2 Å². The van der Waals surface area contributed by atoms with Crippen LogP contribution in [-0.4, -0.2) is 41.1 Å². The van der Waals surface area contributed by atoms with Gasteiger partial charge in [-0.2, -0.15) is 15.0 Å². The molecule has 6 nitrogen and oxygen atoms in total. The maximum atomic E-state index is 5.66. The van der Waals surface area contributed by atoms with E-state index in [1.807, 2.05) is 0 Å². The SMILES string of the molecule is NCCN(CCN)c1nc(Cl)nc(Cl)n1. The zero-order chi connectivity index (χ0) is 11.3. The fraction of sp³-hybridized carbons (Fsp3) is 0.571. The molecular weight excluding hydrogens is 239 g/mol. The van der Waals surface area contributed by atoms with Crippen molar-refractivity contribution >= 4 is 29.2 Å². The van der Waals surface area contributed by atoms with E-state index in [9.17, 15) is 0 Å². The molecule has 0 radical (unpaired) electrons. The minimum absolute atomic E-state index is 0.0593. The Morgan fingerprint density at radius 2 is 1.40 bits per heavy atom. The molecule has 1 aromatic rings. The van der Waals surface area contributed by atoms with E-state index in [-0.39, 0.29) is 10.6 Å². The number of nitrogens with zero attached hydrogens (tertiary/aromatic N) is 4. The zero-order valence-corrected chi connectivity index (χ0v) is 9.54. The molecule has 1 heterocycles. The van der Waals surface area contributed by atoms with Crippen LogP contribution in [0.15, 0.2) is 0 Å². The zero-order valence-electron chi connectivity index (χ0n) is 8.03. The molecule has 84 valence electrons. The molecule has 0 saturated heterocycles. The van der Waals surface area contributed by atoms with Crippen LogP contribution in [0.5, 0.6) is 0 Å². The van der Waals surface area contributed by atoms with Gasteiger partial charge in [-0.25, -0.2) is 0 Å². The van der Waals surface area contributed by atoms with Crippen LogP contribution in [0.3, 0.4) is 0 Å². The van der Waals surface area contributed by atoms with Crippen molar-refractivity contribution in [2.24, 2.45) is 11.5 Å². The van der Waals surface area contributed by atoms with Crippen molar-refractivity contribution in [2.45, 2.75) is 0 Å². The normalized spacial score (nSPS) is 10.4. The van der Waals surface area contributed by atoms with Crippen molar-refractivity contribution in [3.63, 3.8) is 0 Å². The molecule has 0 bridgehead atoms. The summed E-state index contributed by atoms with van der Waals surface area (Å²) in [6, 6.07) is 0. The summed E-state index contributed by atoms with van der Waals surface area (Å²) in [4.78, 5) is 13.4. The van der Waals surface area contributed by atoms with E-state index in [2.05, 4.69) is 15.0 Å². The molecule has 0 aliphatic carbocycles. The lowest BCUT2D eigenvalue weighted by Gasteiger charge is -2.20.